The third-order valence-corrected chi connectivity index (χ3v) is 6.25. The predicted molar refractivity (Wildman–Crippen MR) is 79.8 cm³/mol. The lowest BCUT2D eigenvalue weighted by atomic mass is 10.0. The highest BCUT2D eigenvalue weighted by atomic mass is 35.5. The highest BCUT2D eigenvalue weighted by molar-refractivity contribution is 7.99. The molecule has 0 aromatic heterocycles. The molecular formula is C14H15Cl2NOS. The number of hydrogen-bond donors (Lipinski definition) is 1. The van der Waals surface area contributed by atoms with Crippen LogP contribution in [0.3, 0.4) is 0 Å². The van der Waals surface area contributed by atoms with Crippen molar-refractivity contribution in [2.75, 3.05) is 5.75 Å². The van der Waals surface area contributed by atoms with Crippen LogP contribution in [0.15, 0.2) is 29.2 Å². The topological polar surface area (TPSA) is 29.1 Å². The number of nitrogens with one attached hydrogen (secondary N) is 1. The molecular weight excluding hydrogens is 301 g/mol. The Morgan fingerprint density at radius 3 is 2.79 bits per heavy atom. The van der Waals surface area contributed by atoms with Crippen molar-refractivity contribution in [2.45, 2.75) is 35.0 Å². The van der Waals surface area contributed by atoms with E-state index in [1.807, 2.05) is 30.8 Å². The largest absolute Gasteiger partial charge is 0.349 e. The number of fused-ring (bicyclic) bond motifs is 1. The van der Waals surface area contributed by atoms with Crippen LogP contribution in [0.5, 0.6) is 0 Å². The molecule has 5 heteroatoms. The molecule has 2 nitrogen and oxygen atoms in total. The number of amides is 1. The first-order valence-electron chi connectivity index (χ1n) is 6.34. The van der Waals surface area contributed by atoms with Crippen LogP contribution in [-0.2, 0) is 4.79 Å². The second kappa shape index (κ2) is 4.57. The molecule has 2 atom stereocenters. The lowest BCUT2D eigenvalue weighted by molar-refractivity contribution is -0.126. The number of hydrogen-bond acceptors (Lipinski definition) is 2. The van der Waals surface area contributed by atoms with Gasteiger partial charge in [-0.25, -0.2) is 0 Å². The van der Waals surface area contributed by atoms with Crippen LogP contribution in [0.1, 0.15) is 31.4 Å². The lowest BCUT2D eigenvalue weighted by Crippen LogP contribution is -2.37. The van der Waals surface area contributed by atoms with Crippen molar-refractivity contribution >= 4 is 40.9 Å². The van der Waals surface area contributed by atoms with Crippen molar-refractivity contribution < 1.29 is 4.79 Å². The van der Waals surface area contributed by atoms with Crippen LogP contribution in [0.2, 0.25) is 0 Å². The molecule has 2 unspecified atom stereocenters. The van der Waals surface area contributed by atoms with Crippen LogP contribution in [0, 0.1) is 5.41 Å². The highest BCUT2D eigenvalue weighted by Gasteiger charge is 2.68. The molecule has 102 valence electrons. The number of thioether (sulfide) groups is 1. The fourth-order valence-corrected chi connectivity index (χ4v) is 4.29. The van der Waals surface area contributed by atoms with E-state index in [4.69, 9.17) is 23.2 Å². The normalized spacial score (nSPS) is 31.4. The zero-order valence-corrected chi connectivity index (χ0v) is 12.9. The minimum absolute atomic E-state index is 0.0378. The number of alkyl halides is 2. The van der Waals surface area contributed by atoms with E-state index in [1.165, 1.54) is 10.5 Å². The molecule has 1 N–H and O–H groups in total. The molecule has 1 aliphatic heterocycles. The second-order valence-corrected chi connectivity index (χ2v) is 8.04. The molecule has 0 saturated heterocycles. The molecule has 1 aromatic rings. The van der Waals surface area contributed by atoms with Gasteiger partial charge in [-0.2, -0.15) is 0 Å². The Morgan fingerprint density at radius 2 is 2.11 bits per heavy atom. The number of benzene rings is 1. The molecule has 3 rings (SSSR count). The Balaban J connectivity index is 1.77. The van der Waals surface area contributed by atoms with E-state index in [9.17, 15) is 4.79 Å². The summed E-state index contributed by atoms with van der Waals surface area (Å²) < 4.78 is -0.903. The van der Waals surface area contributed by atoms with Crippen molar-refractivity contribution in [2.24, 2.45) is 5.41 Å². The summed E-state index contributed by atoms with van der Waals surface area (Å²) in [7, 11) is 0. The van der Waals surface area contributed by atoms with Crippen LogP contribution in [0.25, 0.3) is 0 Å². The fraction of sp³-hybridized carbons (Fsp3) is 0.500. The summed E-state index contributed by atoms with van der Waals surface area (Å²) >= 11 is 14.0. The Hall–Kier alpha value is -0.380. The molecule has 1 amide bonds. The number of rotatable bonds is 2. The van der Waals surface area contributed by atoms with Crippen LogP contribution in [0.4, 0.5) is 0 Å². The van der Waals surface area contributed by atoms with Crippen LogP contribution >= 0.6 is 35.0 Å². The van der Waals surface area contributed by atoms with Crippen molar-refractivity contribution in [3.8, 4) is 0 Å². The Kier molecular flexibility index (Phi) is 3.27. The van der Waals surface area contributed by atoms with Crippen molar-refractivity contribution in [1.29, 1.82) is 0 Å². The first-order valence-corrected chi connectivity index (χ1v) is 8.09. The molecule has 1 heterocycles. The maximum Gasteiger partial charge on any atom is 0.229 e. The second-order valence-electron chi connectivity index (χ2n) is 5.41. The van der Waals surface area contributed by atoms with Crippen LogP contribution < -0.4 is 5.32 Å². The van der Waals surface area contributed by atoms with Gasteiger partial charge in [0.15, 0.2) is 0 Å². The van der Waals surface area contributed by atoms with Gasteiger partial charge in [0.1, 0.15) is 4.33 Å². The summed E-state index contributed by atoms with van der Waals surface area (Å²) in [5.41, 5.74) is 0.557. The highest BCUT2D eigenvalue weighted by Crippen LogP contribution is 2.64. The molecule has 1 aliphatic carbocycles. The molecule has 1 aromatic carbocycles. The third kappa shape index (κ3) is 2.26. The molecule has 1 saturated carbocycles. The first-order chi connectivity index (χ1) is 8.94. The first kappa shape index (κ1) is 13.6. The minimum Gasteiger partial charge on any atom is -0.349 e. The van der Waals surface area contributed by atoms with Crippen LogP contribution in [-0.4, -0.2) is 16.0 Å². The predicted octanol–water partition coefficient (Wildman–Crippen LogP) is 3.92. The number of halogens is 2. The minimum atomic E-state index is -0.903. The maximum absolute atomic E-state index is 12.3. The van der Waals surface area contributed by atoms with Gasteiger partial charge in [0.25, 0.3) is 0 Å². The van der Waals surface area contributed by atoms with E-state index < -0.39 is 9.75 Å². The monoisotopic (exact) mass is 315 g/mol. The summed E-state index contributed by atoms with van der Waals surface area (Å²) in [6.45, 7) is 1.83. The average Bonchev–Trinajstić information content (AvgIpc) is 2.90. The lowest BCUT2D eigenvalue weighted by Gasteiger charge is -2.27. The summed E-state index contributed by atoms with van der Waals surface area (Å²) in [6, 6.07) is 8.30. The molecule has 0 spiro atoms. The smallest absolute Gasteiger partial charge is 0.229 e. The van der Waals surface area contributed by atoms with E-state index >= 15 is 0 Å². The Morgan fingerprint density at radius 1 is 1.42 bits per heavy atom. The van der Waals surface area contributed by atoms with E-state index in [0.29, 0.717) is 6.42 Å². The average molecular weight is 316 g/mol. The molecule has 2 aliphatic rings. The zero-order chi connectivity index (χ0) is 13.7. The van der Waals surface area contributed by atoms with Gasteiger partial charge in [0, 0.05) is 10.6 Å². The van der Waals surface area contributed by atoms with Gasteiger partial charge in [-0.05, 0) is 31.4 Å². The van der Waals surface area contributed by atoms with Gasteiger partial charge in [0.05, 0.1) is 11.5 Å². The van der Waals surface area contributed by atoms with Crippen molar-refractivity contribution in [1.82, 2.24) is 5.32 Å². The zero-order valence-electron chi connectivity index (χ0n) is 10.6. The standard InChI is InChI=1S/C14H15Cl2NOS/c1-13(8-14(13,15)16)12(18)17-10-6-7-19-11-5-3-2-4-9(10)11/h2-5,10H,6-8H2,1H3,(H,17,18). The van der Waals surface area contributed by atoms with Gasteiger partial charge >= 0.3 is 0 Å². The Labute approximate surface area is 127 Å². The van der Waals surface area contributed by atoms with Gasteiger partial charge in [-0.1, -0.05) is 18.2 Å². The quantitative estimate of drug-likeness (QED) is 0.838. The van der Waals surface area contributed by atoms with Gasteiger partial charge in [0.2, 0.25) is 5.91 Å². The maximum atomic E-state index is 12.3. The summed E-state index contributed by atoms with van der Waals surface area (Å²) in [6.07, 6.45) is 1.47. The number of carbonyl (C=O) groups excluding carboxylic acids is 1. The van der Waals surface area contributed by atoms with Gasteiger partial charge in [-0.3, -0.25) is 4.79 Å². The van der Waals surface area contributed by atoms with E-state index in [1.54, 1.807) is 0 Å². The van der Waals surface area contributed by atoms with E-state index in [0.717, 1.165) is 12.2 Å². The molecule has 0 bridgehead atoms. The molecule has 0 radical (unpaired) electrons. The molecule has 19 heavy (non-hydrogen) atoms. The summed E-state index contributed by atoms with van der Waals surface area (Å²) in [5.74, 6) is 0.982. The van der Waals surface area contributed by atoms with Crippen molar-refractivity contribution in [3.63, 3.8) is 0 Å². The van der Waals surface area contributed by atoms with Crippen molar-refractivity contribution in [3.05, 3.63) is 29.8 Å². The van der Waals surface area contributed by atoms with Gasteiger partial charge in [-0.15, -0.1) is 35.0 Å². The fourth-order valence-electron chi connectivity index (χ4n) is 2.46. The van der Waals surface area contributed by atoms with E-state index in [2.05, 4.69) is 17.4 Å². The Bertz CT molecular complexity index is 534. The SMILES string of the molecule is CC1(C(=O)NC2CCSc3ccccc32)CC1(Cl)Cl. The van der Waals surface area contributed by atoms with Gasteiger partial charge < -0.3 is 5.32 Å². The van der Waals surface area contributed by atoms with E-state index in [-0.39, 0.29) is 11.9 Å². The third-order valence-electron chi connectivity index (χ3n) is 4.02. The number of carbonyl (C=O) groups is 1. The molecule has 1 fully saturated rings. The summed E-state index contributed by atoms with van der Waals surface area (Å²) in [4.78, 5) is 13.6. The summed E-state index contributed by atoms with van der Waals surface area (Å²) in [5, 5.41) is 3.11.